The van der Waals surface area contributed by atoms with Crippen LogP contribution in [0.15, 0.2) is 30.3 Å². The third-order valence-corrected chi connectivity index (χ3v) is 7.76. The molecule has 0 bridgehead atoms. The Morgan fingerprint density at radius 1 is 1.00 bits per heavy atom. The smallest absolute Gasteiger partial charge is 0.390 e. The molecule has 1 aliphatic carbocycles. The second-order valence-corrected chi connectivity index (χ2v) is 10.9. The second kappa shape index (κ2) is 13.9. The summed E-state index contributed by atoms with van der Waals surface area (Å²) in [4.78, 5) is 28.7. The van der Waals surface area contributed by atoms with Crippen molar-refractivity contribution in [1.82, 2.24) is 15.5 Å². The molecule has 3 amide bonds. The highest BCUT2D eigenvalue weighted by molar-refractivity contribution is 6.31. The van der Waals surface area contributed by atoms with E-state index in [0.717, 1.165) is 18.9 Å². The Kier molecular flexibility index (Phi) is 10.5. The number of aliphatic hydroxyl groups excluding tert-OH is 1. The molecule has 230 valence electrons. The van der Waals surface area contributed by atoms with Gasteiger partial charge in [-0.25, -0.2) is 13.6 Å². The van der Waals surface area contributed by atoms with E-state index in [0.29, 0.717) is 49.7 Å². The van der Waals surface area contributed by atoms with Crippen molar-refractivity contribution in [2.45, 2.75) is 57.0 Å². The van der Waals surface area contributed by atoms with Crippen LogP contribution in [0.4, 0.5) is 38.1 Å². The number of anilines is 2. The van der Waals surface area contributed by atoms with E-state index in [1.54, 1.807) is 11.0 Å². The van der Waals surface area contributed by atoms with Gasteiger partial charge in [-0.15, -0.1) is 0 Å². The number of carbonyl (C=O) groups excluding carboxylic acids is 2. The molecular weight excluding hydrogens is 585 g/mol. The van der Waals surface area contributed by atoms with Crippen LogP contribution in [0.2, 0.25) is 5.02 Å². The lowest BCUT2D eigenvalue weighted by Crippen LogP contribution is -2.48. The average Bonchev–Trinajstić information content (AvgIpc) is 2.95. The molecule has 0 spiro atoms. The number of alkyl halides is 3. The summed E-state index contributed by atoms with van der Waals surface area (Å²) in [5.74, 6) is -3.59. The Labute approximate surface area is 245 Å². The maximum Gasteiger partial charge on any atom is 0.390 e. The fraction of sp³-hybridized carbons (Fsp3) is 0.500. The number of aliphatic hydroxyl groups is 1. The van der Waals surface area contributed by atoms with Crippen LogP contribution in [0.1, 0.15) is 48.0 Å². The summed E-state index contributed by atoms with van der Waals surface area (Å²) < 4.78 is 67.6. The van der Waals surface area contributed by atoms with Crippen LogP contribution in [-0.4, -0.2) is 73.0 Å². The molecule has 4 rings (SSSR count). The number of piperazine rings is 1. The zero-order valence-corrected chi connectivity index (χ0v) is 23.5. The van der Waals surface area contributed by atoms with E-state index >= 15 is 0 Å². The van der Waals surface area contributed by atoms with E-state index in [9.17, 15) is 36.6 Å². The number of hydrogen-bond acceptors (Lipinski definition) is 5. The van der Waals surface area contributed by atoms with Crippen LogP contribution >= 0.6 is 11.6 Å². The maximum absolute atomic E-state index is 15.0. The van der Waals surface area contributed by atoms with Crippen molar-refractivity contribution in [2.75, 3.05) is 42.9 Å². The predicted octanol–water partition coefficient (Wildman–Crippen LogP) is 5.05. The normalized spacial score (nSPS) is 19.8. The number of carbonyl (C=O) groups is 2. The van der Waals surface area contributed by atoms with Crippen molar-refractivity contribution < 1.29 is 36.6 Å². The van der Waals surface area contributed by atoms with E-state index in [-0.39, 0.29) is 24.3 Å². The Morgan fingerprint density at radius 3 is 2.40 bits per heavy atom. The van der Waals surface area contributed by atoms with Gasteiger partial charge in [-0.1, -0.05) is 30.5 Å². The quantitative estimate of drug-likeness (QED) is 0.311. The molecule has 2 atom stereocenters. The van der Waals surface area contributed by atoms with E-state index < -0.39 is 53.9 Å². The summed E-state index contributed by atoms with van der Waals surface area (Å²) in [5.41, 5.74) is 0.0604. The Bertz CT molecular complexity index is 1270. The molecule has 2 aromatic rings. The molecule has 2 aromatic carbocycles. The van der Waals surface area contributed by atoms with Gasteiger partial charge in [0.25, 0.3) is 5.91 Å². The van der Waals surface area contributed by atoms with Gasteiger partial charge in [0.2, 0.25) is 0 Å². The average molecular weight is 618 g/mol. The molecule has 8 nitrogen and oxygen atoms in total. The molecule has 14 heteroatoms. The first-order valence-corrected chi connectivity index (χ1v) is 14.1. The Balaban J connectivity index is 1.38. The first-order valence-electron chi connectivity index (χ1n) is 13.8. The van der Waals surface area contributed by atoms with Crippen molar-refractivity contribution in [3.63, 3.8) is 0 Å². The lowest BCUT2D eigenvalue weighted by molar-refractivity contribution is -0.138. The van der Waals surface area contributed by atoms with Gasteiger partial charge in [0.1, 0.15) is 0 Å². The number of nitrogens with one attached hydrogen (secondary N) is 3. The fourth-order valence-electron chi connectivity index (χ4n) is 5.13. The molecule has 0 aromatic heterocycles. The number of rotatable bonds is 8. The molecular formula is C28H33ClF5N5O3. The summed E-state index contributed by atoms with van der Waals surface area (Å²) in [7, 11) is 0. The highest BCUT2D eigenvalue weighted by atomic mass is 35.5. The summed E-state index contributed by atoms with van der Waals surface area (Å²) in [6.07, 6.45) is -2.87. The fourth-order valence-corrected chi connectivity index (χ4v) is 5.30. The van der Waals surface area contributed by atoms with E-state index in [1.807, 2.05) is 4.90 Å². The molecule has 2 fully saturated rings. The number of urea groups is 1. The summed E-state index contributed by atoms with van der Waals surface area (Å²) in [6, 6.07) is 5.89. The predicted molar refractivity (Wildman–Crippen MR) is 149 cm³/mol. The minimum Gasteiger partial charge on any atom is -0.391 e. The molecule has 0 radical (unpaired) electrons. The van der Waals surface area contributed by atoms with Gasteiger partial charge >= 0.3 is 12.2 Å². The molecule has 1 saturated heterocycles. The molecule has 1 heterocycles. The monoisotopic (exact) mass is 617 g/mol. The highest BCUT2D eigenvalue weighted by Gasteiger charge is 2.29. The topological polar surface area (TPSA) is 96.9 Å². The van der Waals surface area contributed by atoms with Gasteiger partial charge in [0.05, 0.1) is 35.5 Å². The van der Waals surface area contributed by atoms with Crippen LogP contribution in [0, 0.1) is 11.6 Å². The summed E-state index contributed by atoms with van der Waals surface area (Å²) in [6.45, 7) is 1.03. The van der Waals surface area contributed by atoms with Gasteiger partial charge in [-0.3, -0.25) is 9.69 Å². The van der Waals surface area contributed by atoms with Crippen molar-refractivity contribution in [1.29, 1.82) is 0 Å². The van der Waals surface area contributed by atoms with Crippen molar-refractivity contribution in [2.24, 2.45) is 0 Å². The molecule has 1 saturated carbocycles. The number of halogens is 6. The molecule has 1 aliphatic heterocycles. The Morgan fingerprint density at radius 2 is 1.71 bits per heavy atom. The highest BCUT2D eigenvalue weighted by Crippen LogP contribution is 2.31. The minimum atomic E-state index is -4.24. The number of hydrogen-bond donors (Lipinski definition) is 4. The lowest BCUT2D eigenvalue weighted by atomic mass is 9.93. The van der Waals surface area contributed by atoms with E-state index in [4.69, 9.17) is 11.6 Å². The summed E-state index contributed by atoms with van der Waals surface area (Å²) >= 11 is 6.16. The first-order chi connectivity index (χ1) is 19.9. The third-order valence-electron chi connectivity index (χ3n) is 7.52. The van der Waals surface area contributed by atoms with Crippen molar-refractivity contribution >= 4 is 34.9 Å². The number of benzene rings is 2. The van der Waals surface area contributed by atoms with Crippen LogP contribution in [0.25, 0.3) is 0 Å². The molecule has 4 N–H and O–H groups in total. The van der Waals surface area contributed by atoms with Gasteiger partial charge in [0.15, 0.2) is 11.6 Å². The zero-order valence-electron chi connectivity index (χ0n) is 22.7. The van der Waals surface area contributed by atoms with Gasteiger partial charge in [0, 0.05) is 49.9 Å². The largest absolute Gasteiger partial charge is 0.391 e. The van der Waals surface area contributed by atoms with E-state index in [1.165, 1.54) is 18.2 Å². The van der Waals surface area contributed by atoms with Crippen LogP contribution < -0.4 is 20.9 Å². The molecule has 42 heavy (non-hydrogen) atoms. The SMILES string of the molecule is O=C(NCc1ccc(C(=O)Nc2ccc(Cl)cc2N2CCN(CCC(F)(F)F)CC2)c(F)c1F)N[C@H]1CCCC[C@H]1O. The standard InChI is InChI=1S/C28H33ClF5N5O3/c29-18-6-8-20(22(15-18)39-13-11-38(12-14-39)10-9-28(32,33)34)36-26(41)19-7-5-17(24(30)25(19)31)16-35-27(42)37-21-3-1-2-4-23(21)40/h5-8,15,21,23,40H,1-4,9-14,16H2,(H,36,41)(H2,35,37,42)/t21-,23+/m0/s1. The van der Waals surface area contributed by atoms with Crippen molar-refractivity contribution in [3.8, 4) is 0 Å². The van der Waals surface area contributed by atoms with Crippen molar-refractivity contribution in [3.05, 3.63) is 58.1 Å². The summed E-state index contributed by atoms with van der Waals surface area (Å²) in [5, 5.41) is 18.0. The Hall–Kier alpha value is -3.16. The second-order valence-electron chi connectivity index (χ2n) is 10.5. The number of amides is 3. The van der Waals surface area contributed by atoms with Crippen LogP contribution in [0.3, 0.4) is 0 Å². The molecule has 2 aliphatic rings. The van der Waals surface area contributed by atoms with Gasteiger partial charge in [-0.05, 0) is 37.1 Å². The zero-order chi connectivity index (χ0) is 30.4. The number of nitrogens with zero attached hydrogens (tertiary/aromatic N) is 2. The van der Waals surface area contributed by atoms with Crippen LogP contribution in [-0.2, 0) is 6.54 Å². The lowest BCUT2D eigenvalue weighted by Gasteiger charge is -2.37. The third kappa shape index (κ3) is 8.45. The van der Waals surface area contributed by atoms with Gasteiger partial charge in [-0.2, -0.15) is 13.2 Å². The molecule has 0 unspecified atom stereocenters. The van der Waals surface area contributed by atoms with Crippen LogP contribution in [0.5, 0.6) is 0 Å². The van der Waals surface area contributed by atoms with E-state index in [2.05, 4.69) is 16.0 Å². The minimum absolute atomic E-state index is 0.110. The maximum atomic E-state index is 15.0. The van der Waals surface area contributed by atoms with Gasteiger partial charge < -0.3 is 26.0 Å². The first kappa shape index (κ1) is 31.8.